The van der Waals surface area contributed by atoms with Crippen molar-refractivity contribution in [3.05, 3.63) is 0 Å². The molecule has 0 aromatic carbocycles. The smallest absolute Gasteiger partial charge is 0.234 e. The molecule has 0 radical (unpaired) electrons. The van der Waals surface area contributed by atoms with Gasteiger partial charge >= 0.3 is 0 Å². The topological polar surface area (TPSA) is 64.6 Å². The highest BCUT2D eigenvalue weighted by atomic mass is 16.3. The fraction of sp³-hybridized carbons (Fsp3) is 0.923. The molecule has 1 amide bonds. The van der Waals surface area contributed by atoms with Crippen molar-refractivity contribution >= 4 is 5.91 Å². The van der Waals surface area contributed by atoms with Gasteiger partial charge in [-0.3, -0.25) is 9.69 Å². The van der Waals surface area contributed by atoms with Gasteiger partial charge in [0.15, 0.2) is 0 Å². The molecule has 0 spiro atoms. The van der Waals surface area contributed by atoms with Gasteiger partial charge in [0, 0.05) is 25.2 Å². The van der Waals surface area contributed by atoms with Crippen LogP contribution in [0.3, 0.4) is 0 Å². The predicted molar refractivity (Wildman–Crippen MR) is 72.5 cm³/mol. The van der Waals surface area contributed by atoms with Gasteiger partial charge in [-0.05, 0) is 39.3 Å². The molecule has 3 N–H and O–H groups in total. The molecule has 106 valence electrons. The van der Waals surface area contributed by atoms with Gasteiger partial charge in [-0.25, -0.2) is 0 Å². The third kappa shape index (κ3) is 5.33. The molecule has 18 heavy (non-hydrogen) atoms. The molecule has 1 unspecified atom stereocenters. The summed E-state index contributed by atoms with van der Waals surface area (Å²) < 4.78 is 0. The van der Waals surface area contributed by atoms with E-state index in [4.69, 9.17) is 5.11 Å². The van der Waals surface area contributed by atoms with Gasteiger partial charge in [0.25, 0.3) is 0 Å². The standard InChI is InChI=1S/C13H27N3O2/c1-3-13(2,5-10-17)15-12(18)11-16-8-4-6-14-7-9-16/h14,17H,3-11H2,1-2H3,(H,15,18). The molecule has 1 aliphatic rings. The van der Waals surface area contributed by atoms with Crippen LogP contribution in [-0.4, -0.2) is 60.8 Å². The quantitative estimate of drug-likeness (QED) is 0.624. The summed E-state index contributed by atoms with van der Waals surface area (Å²) in [6.07, 6.45) is 2.53. The monoisotopic (exact) mass is 257 g/mol. The molecule has 0 aromatic rings. The molecule has 1 saturated heterocycles. The lowest BCUT2D eigenvalue weighted by atomic mass is 9.95. The van der Waals surface area contributed by atoms with Gasteiger partial charge in [0.1, 0.15) is 0 Å². The number of nitrogens with one attached hydrogen (secondary N) is 2. The fourth-order valence-electron chi connectivity index (χ4n) is 2.21. The van der Waals surface area contributed by atoms with Crippen LogP contribution < -0.4 is 10.6 Å². The number of aliphatic hydroxyl groups excluding tert-OH is 1. The van der Waals surface area contributed by atoms with E-state index in [9.17, 15) is 4.79 Å². The average Bonchev–Trinajstić information content (AvgIpc) is 2.57. The molecule has 0 aromatic heterocycles. The van der Waals surface area contributed by atoms with Crippen molar-refractivity contribution < 1.29 is 9.90 Å². The lowest BCUT2D eigenvalue weighted by molar-refractivity contribution is -0.124. The van der Waals surface area contributed by atoms with Gasteiger partial charge in [0.05, 0.1) is 6.54 Å². The maximum absolute atomic E-state index is 12.0. The summed E-state index contributed by atoms with van der Waals surface area (Å²) in [5, 5.41) is 15.4. The van der Waals surface area contributed by atoms with Gasteiger partial charge in [-0.15, -0.1) is 0 Å². The molecule has 1 atom stereocenters. The number of rotatable bonds is 6. The zero-order valence-corrected chi connectivity index (χ0v) is 11.7. The van der Waals surface area contributed by atoms with E-state index >= 15 is 0 Å². The molecule has 5 nitrogen and oxygen atoms in total. The van der Waals surface area contributed by atoms with Crippen LogP contribution in [-0.2, 0) is 4.79 Å². The number of amides is 1. The minimum absolute atomic E-state index is 0.0645. The van der Waals surface area contributed by atoms with E-state index in [1.54, 1.807) is 0 Å². The number of carbonyl (C=O) groups is 1. The molecule has 1 heterocycles. The minimum atomic E-state index is -0.282. The Labute approximate surface area is 110 Å². The lowest BCUT2D eigenvalue weighted by Gasteiger charge is -2.30. The second kappa shape index (κ2) is 7.71. The SMILES string of the molecule is CCC(C)(CCO)NC(=O)CN1CCCNCC1. The summed E-state index contributed by atoms with van der Waals surface area (Å²) in [4.78, 5) is 14.2. The van der Waals surface area contributed by atoms with E-state index in [1.165, 1.54) is 0 Å². The third-order valence-electron chi connectivity index (χ3n) is 3.69. The molecular formula is C13H27N3O2. The van der Waals surface area contributed by atoms with E-state index in [-0.39, 0.29) is 18.1 Å². The highest BCUT2D eigenvalue weighted by Gasteiger charge is 2.24. The van der Waals surface area contributed by atoms with E-state index in [2.05, 4.69) is 15.5 Å². The van der Waals surface area contributed by atoms with Crippen molar-refractivity contribution in [3.63, 3.8) is 0 Å². The largest absolute Gasteiger partial charge is 0.396 e. The zero-order valence-electron chi connectivity index (χ0n) is 11.7. The van der Waals surface area contributed by atoms with Gasteiger partial charge in [-0.2, -0.15) is 0 Å². The van der Waals surface area contributed by atoms with Crippen LogP contribution in [0.25, 0.3) is 0 Å². The van der Waals surface area contributed by atoms with Crippen molar-refractivity contribution in [2.75, 3.05) is 39.3 Å². The zero-order chi connectivity index (χ0) is 13.4. The number of hydrogen-bond acceptors (Lipinski definition) is 4. The average molecular weight is 257 g/mol. The van der Waals surface area contributed by atoms with Crippen molar-refractivity contribution in [1.29, 1.82) is 0 Å². The summed E-state index contributed by atoms with van der Waals surface area (Å²) in [5.74, 6) is 0.0645. The first-order valence-electron chi connectivity index (χ1n) is 6.94. The van der Waals surface area contributed by atoms with Gasteiger partial charge in [0.2, 0.25) is 5.91 Å². The second-order valence-electron chi connectivity index (χ2n) is 5.32. The first-order chi connectivity index (χ1) is 8.59. The summed E-state index contributed by atoms with van der Waals surface area (Å²) in [6, 6.07) is 0. The molecule has 0 aliphatic carbocycles. The molecular weight excluding hydrogens is 230 g/mol. The Morgan fingerprint density at radius 3 is 2.89 bits per heavy atom. The Bertz CT molecular complexity index is 253. The van der Waals surface area contributed by atoms with Crippen LogP contribution in [0.1, 0.15) is 33.1 Å². The highest BCUT2D eigenvalue weighted by Crippen LogP contribution is 2.13. The molecule has 5 heteroatoms. The van der Waals surface area contributed by atoms with Gasteiger partial charge < -0.3 is 15.7 Å². The Morgan fingerprint density at radius 2 is 2.22 bits per heavy atom. The Morgan fingerprint density at radius 1 is 1.44 bits per heavy atom. The number of nitrogens with zero attached hydrogens (tertiary/aromatic N) is 1. The van der Waals surface area contributed by atoms with Crippen molar-refractivity contribution in [1.82, 2.24) is 15.5 Å². The first-order valence-corrected chi connectivity index (χ1v) is 6.94. The Balaban J connectivity index is 2.39. The normalized spacial score (nSPS) is 21.1. The summed E-state index contributed by atoms with van der Waals surface area (Å²) in [6.45, 7) is 8.49. The van der Waals surface area contributed by atoms with Crippen LogP contribution in [0, 0.1) is 0 Å². The number of carbonyl (C=O) groups excluding carboxylic acids is 1. The molecule has 1 fully saturated rings. The number of hydrogen-bond donors (Lipinski definition) is 3. The predicted octanol–water partition coefficient (Wildman–Crippen LogP) is -0.0510. The Kier molecular flexibility index (Phi) is 6.60. The first kappa shape index (κ1) is 15.4. The van der Waals surface area contributed by atoms with E-state index in [0.29, 0.717) is 13.0 Å². The van der Waals surface area contributed by atoms with Crippen LogP contribution >= 0.6 is 0 Å². The van der Waals surface area contributed by atoms with Crippen LogP contribution in [0.4, 0.5) is 0 Å². The minimum Gasteiger partial charge on any atom is -0.396 e. The van der Waals surface area contributed by atoms with Crippen LogP contribution in [0.5, 0.6) is 0 Å². The highest BCUT2D eigenvalue weighted by molar-refractivity contribution is 5.78. The Hall–Kier alpha value is -0.650. The van der Waals surface area contributed by atoms with Crippen molar-refractivity contribution in [2.45, 2.75) is 38.6 Å². The fourth-order valence-corrected chi connectivity index (χ4v) is 2.21. The van der Waals surface area contributed by atoms with E-state index in [0.717, 1.165) is 39.0 Å². The summed E-state index contributed by atoms with van der Waals surface area (Å²) in [5.41, 5.74) is -0.282. The van der Waals surface area contributed by atoms with E-state index < -0.39 is 0 Å². The lowest BCUT2D eigenvalue weighted by Crippen LogP contribution is -2.50. The van der Waals surface area contributed by atoms with Crippen molar-refractivity contribution in [2.24, 2.45) is 0 Å². The second-order valence-corrected chi connectivity index (χ2v) is 5.32. The van der Waals surface area contributed by atoms with Crippen LogP contribution in [0.15, 0.2) is 0 Å². The van der Waals surface area contributed by atoms with Gasteiger partial charge in [-0.1, -0.05) is 6.92 Å². The summed E-state index contributed by atoms with van der Waals surface area (Å²) >= 11 is 0. The maximum atomic E-state index is 12.0. The molecule has 0 bridgehead atoms. The maximum Gasteiger partial charge on any atom is 0.234 e. The molecule has 0 saturated carbocycles. The third-order valence-corrected chi connectivity index (χ3v) is 3.69. The van der Waals surface area contributed by atoms with Crippen molar-refractivity contribution in [3.8, 4) is 0 Å². The summed E-state index contributed by atoms with van der Waals surface area (Å²) in [7, 11) is 0. The molecule has 1 aliphatic heterocycles. The number of aliphatic hydroxyl groups is 1. The van der Waals surface area contributed by atoms with E-state index in [1.807, 2.05) is 13.8 Å². The van der Waals surface area contributed by atoms with Crippen LogP contribution in [0.2, 0.25) is 0 Å². The molecule has 1 rings (SSSR count).